The van der Waals surface area contributed by atoms with Gasteiger partial charge in [-0.25, -0.2) is 0 Å². The zero-order chi connectivity index (χ0) is 14.8. The summed E-state index contributed by atoms with van der Waals surface area (Å²) >= 11 is 0. The van der Waals surface area contributed by atoms with Crippen molar-refractivity contribution in [1.29, 1.82) is 0 Å². The number of pyridine rings is 1. The van der Waals surface area contributed by atoms with Crippen LogP contribution in [0.15, 0.2) is 35.1 Å². The maximum absolute atomic E-state index is 11.9. The lowest BCUT2D eigenvalue weighted by Gasteiger charge is -2.20. The van der Waals surface area contributed by atoms with Crippen LogP contribution >= 0.6 is 0 Å². The van der Waals surface area contributed by atoms with E-state index in [0.717, 1.165) is 0 Å². The van der Waals surface area contributed by atoms with Crippen molar-refractivity contribution in [3.63, 3.8) is 0 Å². The lowest BCUT2D eigenvalue weighted by Crippen LogP contribution is -2.43. The van der Waals surface area contributed by atoms with Crippen LogP contribution in [0.2, 0.25) is 0 Å². The van der Waals surface area contributed by atoms with E-state index in [9.17, 15) is 14.7 Å². The van der Waals surface area contributed by atoms with Gasteiger partial charge in [-0.05, 0) is 19.1 Å². The molecule has 2 aromatic rings. The molecule has 0 bridgehead atoms. The molecule has 106 valence electrons. The summed E-state index contributed by atoms with van der Waals surface area (Å²) in [6.07, 6.45) is 0. The van der Waals surface area contributed by atoms with E-state index in [-0.39, 0.29) is 17.7 Å². The van der Waals surface area contributed by atoms with Crippen LogP contribution in [0.3, 0.4) is 0 Å². The number of hydrogen-bond acceptors (Lipinski definition) is 4. The Labute approximate surface area is 115 Å². The molecule has 0 radical (unpaired) electrons. The first kappa shape index (κ1) is 14.2. The minimum atomic E-state index is -1.40. The van der Waals surface area contributed by atoms with E-state index in [0.29, 0.717) is 10.9 Å². The molecule has 0 aliphatic carbocycles. The second-order valence-corrected chi connectivity index (χ2v) is 4.93. The van der Waals surface area contributed by atoms with Gasteiger partial charge in [-0.15, -0.1) is 0 Å². The van der Waals surface area contributed by atoms with Crippen molar-refractivity contribution in [3.8, 4) is 0 Å². The average Bonchev–Trinajstić information content (AvgIpc) is 2.45. The quantitative estimate of drug-likeness (QED) is 0.631. The molecule has 20 heavy (non-hydrogen) atoms. The summed E-state index contributed by atoms with van der Waals surface area (Å²) in [6, 6.07) is 8.10. The minimum Gasteiger partial charge on any atom is -0.393 e. The smallest absolute Gasteiger partial charge is 0.267 e. The second-order valence-electron chi connectivity index (χ2n) is 4.93. The Hall–Kier alpha value is -2.18. The van der Waals surface area contributed by atoms with Gasteiger partial charge in [0.15, 0.2) is 5.43 Å². The Bertz CT molecular complexity index is 691. The number of para-hydroxylation sites is 1. The van der Waals surface area contributed by atoms with Crippen LogP contribution in [0.4, 0.5) is 0 Å². The van der Waals surface area contributed by atoms with Gasteiger partial charge >= 0.3 is 0 Å². The van der Waals surface area contributed by atoms with E-state index < -0.39 is 18.1 Å². The zero-order valence-electron chi connectivity index (χ0n) is 11.0. The minimum absolute atomic E-state index is 0.113. The number of carbonyl (C=O) groups excluding carboxylic acids is 1. The summed E-state index contributed by atoms with van der Waals surface area (Å²) in [6.45, 7) is 0.815. The Balaban J connectivity index is 2.25. The van der Waals surface area contributed by atoms with Gasteiger partial charge in [0, 0.05) is 23.5 Å². The number of carbonyl (C=O) groups is 1. The van der Waals surface area contributed by atoms with Gasteiger partial charge in [-0.2, -0.15) is 0 Å². The van der Waals surface area contributed by atoms with Crippen LogP contribution in [-0.4, -0.2) is 39.9 Å². The summed E-state index contributed by atoms with van der Waals surface area (Å²) in [4.78, 5) is 26.7. The third-order valence-corrected chi connectivity index (χ3v) is 2.95. The Morgan fingerprint density at radius 1 is 1.40 bits per heavy atom. The SMILES string of the molecule is CC(O)(CO)CNC(=O)c1cc(=O)c2ccccc2[nH]1. The molecule has 4 N–H and O–H groups in total. The molecule has 2 rings (SSSR count). The van der Waals surface area contributed by atoms with E-state index >= 15 is 0 Å². The number of benzene rings is 1. The third-order valence-electron chi connectivity index (χ3n) is 2.95. The van der Waals surface area contributed by atoms with Gasteiger partial charge in [-0.1, -0.05) is 12.1 Å². The average molecular weight is 276 g/mol. The molecule has 6 heteroatoms. The molecule has 0 spiro atoms. The predicted octanol–water partition coefficient (Wildman–Crippen LogP) is 0.00120. The number of amides is 1. The number of nitrogens with one attached hydrogen (secondary N) is 2. The summed E-state index contributed by atoms with van der Waals surface area (Å²) in [5, 5.41) is 21.5. The van der Waals surface area contributed by atoms with Crippen LogP contribution in [0, 0.1) is 0 Å². The highest BCUT2D eigenvalue weighted by atomic mass is 16.3. The lowest BCUT2D eigenvalue weighted by atomic mass is 10.1. The molecule has 1 aromatic carbocycles. The molecule has 0 aliphatic rings. The maximum atomic E-state index is 11.9. The van der Waals surface area contributed by atoms with Crippen molar-refractivity contribution in [2.75, 3.05) is 13.2 Å². The van der Waals surface area contributed by atoms with Gasteiger partial charge in [-0.3, -0.25) is 9.59 Å². The topological polar surface area (TPSA) is 102 Å². The molecular formula is C14H16N2O4. The molecule has 6 nitrogen and oxygen atoms in total. The predicted molar refractivity (Wildman–Crippen MR) is 74.6 cm³/mol. The first-order valence-electron chi connectivity index (χ1n) is 6.16. The monoisotopic (exact) mass is 276 g/mol. The van der Waals surface area contributed by atoms with Crippen LogP contribution in [-0.2, 0) is 0 Å². The van der Waals surface area contributed by atoms with Crippen molar-refractivity contribution in [3.05, 3.63) is 46.2 Å². The van der Waals surface area contributed by atoms with Crippen LogP contribution < -0.4 is 10.7 Å². The van der Waals surface area contributed by atoms with Gasteiger partial charge in [0.1, 0.15) is 11.3 Å². The van der Waals surface area contributed by atoms with Crippen molar-refractivity contribution in [2.24, 2.45) is 0 Å². The van der Waals surface area contributed by atoms with Gasteiger partial charge in [0.2, 0.25) is 0 Å². The van der Waals surface area contributed by atoms with E-state index in [1.807, 2.05) is 0 Å². The fourth-order valence-electron chi connectivity index (χ4n) is 1.74. The highest BCUT2D eigenvalue weighted by molar-refractivity contribution is 5.94. The number of rotatable bonds is 4. The second kappa shape index (κ2) is 5.44. The summed E-state index contributed by atoms with van der Waals surface area (Å²) in [7, 11) is 0. The first-order chi connectivity index (χ1) is 9.43. The van der Waals surface area contributed by atoms with Crippen LogP contribution in [0.5, 0.6) is 0 Å². The first-order valence-corrected chi connectivity index (χ1v) is 6.16. The Morgan fingerprint density at radius 3 is 2.80 bits per heavy atom. The number of aliphatic hydroxyl groups excluding tert-OH is 1. The molecule has 1 aromatic heterocycles. The Morgan fingerprint density at radius 2 is 2.10 bits per heavy atom. The molecular weight excluding hydrogens is 260 g/mol. The van der Waals surface area contributed by atoms with Crippen molar-refractivity contribution in [1.82, 2.24) is 10.3 Å². The van der Waals surface area contributed by atoms with Gasteiger partial charge < -0.3 is 20.5 Å². The molecule has 0 fully saturated rings. The number of fused-ring (bicyclic) bond motifs is 1. The molecule has 0 saturated carbocycles. The Kier molecular flexibility index (Phi) is 3.87. The standard InChI is InChI=1S/C14H16N2O4/c1-14(20,8-17)7-15-13(19)11-6-12(18)9-4-2-3-5-10(9)16-11/h2-6,17,20H,7-8H2,1H3,(H,15,19)(H,16,18). The number of aromatic nitrogens is 1. The molecule has 1 unspecified atom stereocenters. The van der Waals surface area contributed by atoms with Crippen molar-refractivity contribution < 1.29 is 15.0 Å². The number of aromatic amines is 1. The van der Waals surface area contributed by atoms with Gasteiger partial charge in [0.25, 0.3) is 5.91 Å². The highest BCUT2D eigenvalue weighted by Gasteiger charge is 2.20. The molecule has 1 heterocycles. The number of hydrogen-bond donors (Lipinski definition) is 4. The summed E-state index contributed by atoms with van der Waals surface area (Å²) in [5.74, 6) is -0.512. The third kappa shape index (κ3) is 3.04. The van der Waals surface area contributed by atoms with Crippen molar-refractivity contribution >= 4 is 16.8 Å². The lowest BCUT2D eigenvalue weighted by molar-refractivity contribution is 0.00316. The molecule has 0 aliphatic heterocycles. The van der Waals surface area contributed by atoms with E-state index in [1.165, 1.54) is 13.0 Å². The number of H-pyrrole nitrogens is 1. The molecule has 0 saturated heterocycles. The molecule has 1 atom stereocenters. The summed E-state index contributed by atoms with van der Waals surface area (Å²) in [5.41, 5.74) is -0.966. The fourth-order valence-corrected chi connectivity index (χ4v) is 1.74. The van der Waals surface area contributed by atoms with Crippen LogP contribution in [0.1, 0.15) is 17.4 Å². The van der Waals surface area contributed by atoms with E-state index in [4.69, 9.17) is 5.11 Å². The zero-order valence-corrected chi connectivity index (χ0v) is 11.0. The maximum Gasteiger partial charge on any atom is 0.267 e. The fraction of sp³-hybridized carbons (Fsp3) is 0.286. The van der Waals surface area contributed by atoms with E-state index in [2.05, 4.69) is 10.3 Å². The number of aliphatic hydroxyl groups is 2. The largest absolute Gasteiger partial charge is 0.393 e. The highest BCUT2D eigenvalue weighted by Crippen LogP contribution is 2.07. The molecule has 1 amide bonds. The van der Waals surface area contributed by atoms with E-state index in [1.54, 1.807) is 24.3 Å². The summed E-state index contributed by atoms with van der Waals surface area (Å²) < 4.78 is 0. The van der Waals surface area contributed by atoms with Crippen LogP contribution in [0.25, 0.3) is 10.9 Å². The van der Waals surface area contributed by atoms with Crippen molar-refractivity contribution in [2.45, 2.75) is 12.5 Å². The van der Waals surface area contributed by atoms with Gasteiger partial charge in [0.05, 0.1) is 6.61 Å². The normalized spacial score (nSPS) is 13.9.